The van der Waals surface area contributed by atoms with Crippen molar-refractivity contribution in [2.75, 3.05) is 5.32 Å². The molecule has 25 heavy (non-hydrogen) atoms. The Kier molecular flexibility index (Phi) is 5.50. The number of carbonyl (C=O) groups excluding carboxylic acids is 1. The van der Waals surface area contributed by atoms with Gasteiger partial charge in [0.15, 0.2) is 0 Å². The Morgan fingerprint density at radius 1 is 1.12 bits per heavy atom. The number of amides is 1. The van der Waals surface area contributed by atoms with E-state index in [-0.39, 0.29) is 23.9 Å². The summed E-state index contributed by atoms with van der Waals surface area (Å²) in [7, 11) is 0. The second-order valence-corrected chi connectivity index (χ2v) is 6.24. The van der Waals surface area contributed by atoms with Crippen molar-refractivity contribution in [1.82, 2.24) is 21.7 Å². The van der Waals surface area contributed by atoms with Crippen LogP contribution >= 0.6 is 11.6 Å². The van der Waals surface area contributed by atoms with Gasteiger partial charge >= 0.3 is 0 Å². The summed E-state index contributed by atoms with van der Waals surface area (Å²) < 4.78 is 13.0. The standard InChI is InChI=1S/C17H19ClFN5O/c1-10(11-2-6-13(19)7-3-11)20-17(25)15-16(23-24-22-15)21-14-8-4-12(18)5-9-14/h2-10,15-16,21-24H,1H3,(H,20,25). The van der Waals surface area contributed by atoms with Gasteiger partial charge in [-0.3, -0.25) is 4.79 Å². The van der Waals surface area contributed by atoms with Crippen LogP contribution < -0.4 is 27.0 Å². The molecule has 2 aromatic rings. The van der Waals surface area contributed by atoms with Gasteiger partial charge in [0.2, 0.25) is 5.91 Å². The SMILES string of the molecule is CC(NC(=O)C1NNNC1Nc1ccc(Cl)cc1)c1ccc(F)cc1. The molecule has 0 spiro atoms. The number of anilines is 1. The van der Waals surface area contributed by atoms with E-state index < -0.39 is 6.04 Å². The summed E-state index contributed by atoms with van der Waals surface area (Å²) in [6.45, 7) is 1.85. The molecule has 1 amide bonds. The highest BCUT2D eigenvalue weighted by atomic mass is 35.5. The van der Waals surface area contributed by atoms with Gasteiger partial charge in [0.1, 0.15) is 18.0 Å². The van der Waals surface area contributed by atoms with E-state index in [1.54, 1.807) is 24.3 Å². The third kappa shape index (κ3) is 4.46. The average Bonchev–Trinajstić information content (AvgIpc) is 3.05. The summed E-state index contributed by atoms with van der Waals surface area (Å²) in [5, 5.41) is 6.77. The molecular formula is C17H19ClFN5O. The second-order valence-electron chi connectivity index (χ2n) is 5.80. The van der Waals surface area contributed by atoms with Gasteiger partial charge in [0.25, 0.3) is 0 Å². The number of hydrogen-bond donors (Lipinski definition) is 5. The molecular weight excluding hydrogens is 345 g/mol. The Morgan fingerprint density at radius 2 is 1.80 bits per heavy atom. The molecule has 0 radical (unpaired) electrons. The molecule has 0 aromatic heterocycles. The molecule has 5 N–H and O–H groups in total. The van der Waals surface area contributed by atoms with Crippen molar-refractivity contribution in [1.29, 1.82) is 0 Å². The lowest BCUT2D eigenvalue weighted by molar-refractivity contribution is -0.123. The lowest BCUT2D eigenvalue weighted by atomic mass is 10.1. The number of hydrogen-bond acceptors (Lipinski definition) is 5. The van der Waals surface area contributed by atoms with E-state index in [0.717, 1.165) is 11.3 Å². The number of hydrazine groups is 2. The van der Waals surface area contributed by atoms with Crippen LogP contribution in [0.1, 0.15) is 18.5 Å². The molecule has 0 aliphatic carbocycles. The van der Waals surface area contributed by atoms with E-state index in [4.69, 9.17) is 11.6 Å². The Balaban J connectivity index is 1.62. The maximum Gasteiger partial charge on any atom is 0.242 e. The van der Waals surface area contributed by atoms with E-state index in [1.807, 2.05) is 19.1 Å². The molecule has 3 atom stereocenters. The van der Waals surface area contributed by atoms with Gasteiger partial charge in [0.05, 0.1) is 6.04 Å². The summed E-state index contributed by atoms with van der Waals surface area (Å²) in [6, 6.07) is 12.5. The average molecular weight is 364 g/mol. The third-order valence-electron chi connectivity index (χ3n) is 3.97. The zero-order chi connectivity index (χ0) is 17.8. The summed E-state index contributed by atoms with van der Waals surface area (Å²) >= 11 is 5.88. The van der Waals surface area contributed by atoms with Crippen LogP contribution in [0, 0.1) is 5.82 Å². The highest BCUT2D eigenvalue weighted by Gasteiger charge is 2.33. The van der Waals surface area contributed by atoms with E-state index in [2.05, 4.69) is 27.0 Å². The van der Waals surface area contributed by atoms with Crippen molar-refractivity contribution in [3.8, 4) is 0 Å². The highest BCUT2D eigenvalue weighted by molar-refractivity contribution is 6.30. The number of benzene rings is 2. The summed E-state index contributed by atoms with van der Waals surface area (Å²) in [5.41, 5.74) is 10.3. The van der Waals surface area contributed by atoms with E-state index in [0.29, 0.717) is 5.02 Å². The molecule has 1 aliphatic rings. The normalized spacial score (nSPS) is 20.9. The van der Waals surface area contributed by atoms with E-state index >= 15 is 0 Å². The fraction of sp³-hybridized carbons (Fsp3) is 0.235. The molecule has 3 rings (SSSR count). The smallest absolute Gasteiger partial charge is 0.242 e. The molecule has 6 nitrogen and oxygen atoms in total. The lowest BCUT2D eigenvalue weighted by Gasteiger charge is -2.22. The Labute approximate surface area is 150 Å². The first kappa shape index (κ1) is 17.6. The maximum absolute atomic E-state index is 13.0. The molecule has 1 saturated heterocycles. The molecule has 1 aliphatic heterocycles. The molecule has 1 fully saturated rings. The molecule has 1 heterocycles. The Hall–Kier alpha value is -2.19. The lowest BCUT2D eigenvalue weighted by Crippen LogP contribution is -2.50. The first-order valence-electron chi connectivity index (χ1n) is 7.87. The zero-order valence-electron chi connectivity index (χ0n) is 13.5. The number of carbonyl (C=O) groups is 1. The van der Waals surface area contributed by atoms with E-state index in [1.165, 1.54) is 12.1 Å². The van der Waals surface area contributed by atoms with Gasteiger partial charge in [-0.25, -0.2) is 15.2 Å². The van der Waals surface area contributed by atoms with Crippen molar-refractivity contribution < 1.29 is 9.18 Å². The van der Waals surface area contributed by atoms with Gasteiger partial charge in [0, 0.05) is 10.7 Å². The quantitative estimate of drug-likeness (QED) is 0.562. The zero-order valence-corrected chi connectivity index (χ0v) is 14.3. The second kappa shape index (κ2) is 7.79. The fourth-order valence-electron chi connectivity index (χ4n) is 2.56. The monoisotopic (exact) mass is 363 g/mol. The molecule has 0 bridgehead atoms. The minimum absolute atomic E-state index is 0.194. The van der Waals surface area contributed by atoms with Crippen molar-refractivity contribution >= 4 is 23.2 Å². The predicted molar refractivity (Wildman–Crippen MR) is 95.0 cm³/mol. The Morgan fingerprint density at radius 3 is 2.48 bits per heavy atom. The molecule has 3 unspecified atom stereocenters. The van der Waals surface area contributed by atoms with Crippen molar-refractivity contribution in [3.05, 3.63) is 64.9 Å². The maximum atomic E-state index is 13.0. The van der Waals surface area contributed by atoms with Crippen LogP contribution in [0.25, 0.3) is 0 Å². The first-order chi connectivity index (χ1) is 12.0. The van der Waals surface area contributed by atoms with E-state index in [9.17, 15) is 9.18 Å². The van der Waals surface area contributed by atoms with Crippen LogP contribution in [0.15, 0.2) is 48.5 Å². The molecule has 2 aromatic carbocycles. The number of halogens is 2. The van der Waals surface area contributed by atoms with Gasteiger partial charge in [-0.05, 0) is 48.9 Å². The van der Waals surface area contributed by atoms with Crippen molar-refractivity contribution in [3.63, 3.8) is 0 Å². The van der Waals surface area contributed by atoms with Crippen LogP contribution in [0.4, 0.5) is 10.1 Å². The third-order valence-corrected chi connectivity index (χ3v) is 4.22. The van der Waals surface area contributed by atoms with Crippen LogP contribution in [-0.4, -0.2) is 18.1 Å². The summed E-state index contributed by atoms with van der Waals surface area (Å²) in [4.78, 5) is 12.6. The van der Waals surface area contributed by atoms with Crippen molar-refractivity contribution in [2.24, 2.45) is 0 Å². The van der Waals surface area contributed by atoms with Gasteiger partial charge in [-0.1, -0.05) is 23.7 Å². The largest absolute Gasteiger partial charge is 0.367 e. The molecule has 8 heteroatoms. The van der Waals surface area contributed by atoms with Gasteiger partial charge < -0.3 is 10.6 Å². The summed E-state index contributed by atoms with van der Waals surface area (Å²) in [5.74, 6) is -0.499. The van der Waals surface area contributed by atoms with Crippen LogP contribution in [0.2, 0.25) is 5.02 Å². The minimum atomic E-state index is -0.543. The van der Waals surface area contributed by atoms with Crippen LogP contribution in [0.3, 0.4) is 0 Å². The molecule has 0 saturated carbocycles. The number of nitrogens with one attached hydrogen (secondary N) is 5. The van der Waals surface area contributed by atoms with Gasteiger partial charge in [-0.15, -0.1) is 0 Å². The molecule has 132 valence electrons. The number of rotatable bonds is 5. The van der Waals surface area contributed by atoms with Gasteiger partial charge in [-0.2, -0.15) is 5.53 Å². The highest BCUT2D eigenvalue weighted by Crippen LogP contribution is 2.16. The summed E-state index contributed by atoms with van der Waals surface area (Å²) in [6.07, 6.45) is -0.360. The fourth-order valence-corrected chi connectivity index (χ4v) is 2.69. The van der Waals surface area contributed by atoms with Crippen LogP contribution in [-0.2, 0) is 4.79 Å². The minimum Gasteiger partial charge on any atom is -0.367 e. The Bertz CT molecular complexity index is 725. The topological polar surface area (TPSA) is 77.2 Å². The van der Waals surface area contributed by atoms with Crippen molar-refractivity contribution in [2.45, 2.75) is 25.2 Å². The predicted octanol–water partition coefficient (Wildman–Crippen LogP) is 2.08. The van der Waals surface area contributed by atoms with Crippen LogP contribution in [0.5, 0.6) is 0 Å². The first-order valence-corrected chi connectivity index (χ1v) is 8.25.